The van der Waals surface area contributed by atoms with E-state index in [2.05, 4.69) is 81.4 Å². The van der Waals surface area contributed by atoms with Crippen molar-refractivity contribution in [3.8, 4) is 0 Å². The third-order valence-corrected chi connectivity index (χ3v) is 11.7. The Kier molecular flexibility index (Phi) is 4.85. The van der Waals surface area contributed by atoms with Gasteiger partial charge in [0.25, 0.3) is 8.32 Å². The summed E-state index contributed by atoms with van der Waals surface area (Å²) in [7, 11) is -2.45. The molecule has 2 aliphatic carbocycles. The summed E-state index contributed by atoms with van der Waals surface area (Å²) in [6.07, 6.45) is 2.90. The third kappa shape index (κ3) is 3.21. The predicted molar refractivity (Wildman–Crippen MR) is 113 cm³/mol. The van der Waals surface area contributed by atoms with Crippen LogP contribution < -0.4 is 10.4 Å². The zero-order valence-corrected chi connectivity index (χ0v) is 17.7. The Morgan fingerprint density at radius 2 is 1.48 bits per heavy atom. The first kappa shape index (κ1) is 18.6. The minimum atomic E-state index is -2.45. The fourth-order valence-electron chi connectivity index (χ4n) is 5.35. The molecule has 0 amide bonds. The van der Waals surface area contributed by atoms with Crippen LogP contribution in [0.3, 0.4) is 0 Å². The van der Waals surface area contributed by atoms with Gasteiger partial charge in [0.1, 0.15) is 5.78 Å². The number of Topliss-reactive ketones (excluding diaryl/α,β-unsaturated/α-hetero) is 1. The maximum Gasteiger partial charge on any atom is 0.261 e. The lowest BCUT2D eigenvalue weighted by molar-refractivity contribution is -0.122. The van der Waals surface area contributed by atoms with Gasteiger partial charge in [0.2, 0.25) is 0 Å². The number of carbonyl (C=O) groups excluding carboxylic acids is 1. The smallest absolute Gasteiger partial charge is 0.261 e. The summed E-state index contributed by atoms with van der Waals surface area (Å²) in [4.78, 5) is 12.0. The second-order valence-corrected chi connectivity index (χ2v) is 13.6. The summed E-state index contributed by atoms with van der Waals surface area (Å²) >= 11 is 0. The van der Waals surface area contributed by atoms with Crippen molar-refractivity contribution in [3.63, 3.8) is 0 Å². The fourth-order valence-corrected chi connectivity index (χ4v) is 9.97. The van der Waals surface area contributed by atoms with Gasteiger partial charge in [0, 0.05) is 18.9 Å². The molecule has 0 N–H and O–H groups in total. The maximum atomic E-state index is 12.0. The van der Waals surface area contributed by atoms with Crippen LogP contribution in [0.25, 0.3) is 0 Å². The van der Waals surface area contributed by atoms with Gasteiger partial charge in [-0.3, -0.25) is 4.79 Å². The van der Waals surface area contributed by atoms with Gasteiger partial charge in [0.05, 0.1) is 0 Å². The van der Waals surface area contributed by atoms with Crippen LogP contribution >= 0.6 is 0 Å². The molecule has 0 radical (unpaired) electrons. The van der Waals surface area contributed by atoms with Crippen molar-refractivity contribution in [1.29, 1.82) is 0 Å². The molecule has 2 bridgehead atoms. The third-order valence-electron chi connectivity index (χ3n) is 6.69. The van der Waals surface area contributed by atoms with E-state index in [1.165, 1.54) is 10.4 Å². The SMILES string of the molecule is CC(C)(C)[Si](OCC1CC2CC1CC2=O)(c1ccccc1)c1ccccc1. The molecule has 0 saturated heterocycles. The van der Waals surface area contributed by atoms with Gasteiger partial charge in [0.15, 0.2) is 0 Å². The number of hydrogen-bond acceptors (Lipinski definition) is 2. The number of hydrogen-bond donors (Lipinski definition) is 0. The van der Waals surface area contributed by atoms with Crippen LogP contribution in [-0.2, 0) is 9.22 Å². The van der Waals surface area contributed by atoms with Gasteiger partial charge in [-0.15, -0.1) is 0 Å². The molecule has 27 heavy (non-hydrogen) atoms. The van der Waals surface area contributed by atoms with Crippen LogP contribution in [0.5, 0.6) is 0 Å². The monoisotopic (exact) mass is 378 g/mol. The Bertz CT molecular complexity index is 755. The highest BCUT2D eigenvalue weighted by molar-refractivity contribution is 6.99. The summed E-state index contributed by atoms with van der Waals surface area (Å²) in [6, 6.07) is 21.7. The van der Waals surface area contributed by atoms with E-state index < -0.39 is 8.32 Å². The van der Waals surface area contributed by atoms with Crippen molar-refractivity contribution < 1.29 is 9.22 Å². The van der Waals surface area contributed by atoms with Crippen molar-refractivity contribution in [2.24, 2.45) is 17.8 Å². The highest BCUT2D eigenvalue weighted by Gasteiger charge is 2.52. The van der Waals surface area contributed by atoms with Crippen LogP contribution in [0.15, 0.2) is 60.7 Å². The molecule has 2 fully saturated rings. The Hall–Kier alpha value is -1.71. The second-order valence-electron chi connectivity index (χ2n) is 9.33. The standard InChI is InChI=1S/C24H30O2Si/c1-24(2,3)27(21-10-6-4-7-11-21,22-12-8-5-9-13-22)26-17-20-15-19-14-18(20)16-23(19)25/h4-13,18-20H,14-17H2,1-3H3. The molecule has 2 saturated carbocycles. The Balaban J connectivity index is 1.71. The average molecular weight is 379 g/mol. The van der Waals surface area contributed by atoms with Gasteiger partial charge in [-0.05, 0) is 40.1 Å². The highest BCUT2D eigenvalue weighted by atomic mass is 28.4. The van der Waals surface area contributed by atoms with Crippen molar-refractivity contribution in [2.75, 3.05) is 6.61 Å². The quantitative estimate of drug-likeness (QED) is 0.730. The summed E-state index contributed by atoms with van der Waals surface area (Å²) < 4.78 is 7.07. The van der Waals surface area contributed by atoms with Crippen LogP contribution in [0.1, 0.15) is 40.0 Å². The summed E-state index contributed by atoms with van der Waals surface area (Å²) in [5, 5.41) is 2.69. The zero-order valence-electron chi connectivity index (χ0n) is 16.7. The second kappa shape index (κ2) is 7.03. The molecule has 4 rings (SSSR count). The minimum Gasteiger partial charge on any atom is -0.407 e. The van der Waals surface area contributed by atoms with Crippen LogP contribution in [0, 0.1) is 17.8 Å². The maximum absolute atomic E-state index is 12.0. The average Bonchev–Trinajstić information content (AvgIpc) is 3.22. The molecule has 2 aliphatic rings. The summed E-state index contributed by atoms with van der Waals surface area (Å²) in [6.45, 7) is 7.75. The van der Waals surface area contributed by atoms with E-state index >= 15 is 0 Å². The normalized spacial score (nSPS) is 25.1. The number of fused-ring (bicyclic) bond motifs is 2. The lowest BCUT2D eigenvalue weighted by Crippen LogP contribution is -2.67. The molecule has 3 unspecified atom stereocenters. The number of carbonyl (C=O) groups is 1. The topological polar surface area (TPSA) is 26.3 Å². The highest BCUT2D eigenvalue weighted by Crippen LogP contribution is 2.47. The van der Waals surface area contributed by atoms with E-state index in [-0.39, 0.29) is 5.04 Å². The summed E-state index contributed by atoms with van der Waals surface area (Å²) in [5.74, 6) is 1.87. The molecule has 0 spiro atoms. The molecule has 3 atom stereocenters. The van der Waals surface area contributed by atoms with Gasteiger partial charge < -0.3 is 4.43 Å². The van der Waals surface area contributed by atoms with E-state index in [9.17, 15) is 4.79 Å². The number of benzene rings is 2. The van der Waals surface area contributed by atoms with Crippen LogP contribution in [-0.4, -0.2) is 20.7 Å². The molecule has 0 heterocycles. The molecule has 0 aliphatic heterocycles. The van der Waals surface area contributed by atoms with Gasteiger partial charge in [-0.1, -0.05) is 81.4 Å². The molecule has 2 nitrogen and oxygen atoms in total. The van der Waals surface area contributed by atoms with Crippen LogP contribution in [0.2, 0.25) is 5.04 Å². The van der Waals surface area contributed by atoms with E-state index in [1.807, 2.05) is 0 Å². The minimum absolute atomic E-state index is 0.0170. The largest absolute Gasteiger partial charge is 0.407 e. The molecular weight excluding hydrogens is 348 g/mol. The van der Waals surface area contributed by atoms with Gasteiger partial charge in [-0.25, -0.2) is 0 Å². The predicted octanol–water partition coefficient (Wildman–Crippen LogP) is 4.18. The first-order chi connectivity index (χ1) is 12.9. The Labute approximate surface area is 164 Å². The van der Waals surface area contributed by atoms with E-state index in [0.717, 1.165) is 25.9 Å². The van der Waals surface area contributed by atoms with E-state index in [1.54, 1.807) is 0 Å². The lowest BCUT2D eigenvalue weighted by Gasteiger charge is -2.44. The molecule has 3 heteroatoms. The number of rotatable bonds is 5. The Morgan fingerprint density at radius 1 is 0.926 bits per heavy atom. The lowest BCUT2D eigenvalue weighted by atomic mass is 9.89. The van der Waals surface area contributed by atoms with Crippen molar-refractivity contribution in [2.45, 2.75) is 45.1 Å². The van der Waals surface area contributed by atoms with Crippen molar-refractivity contribution >= 4 is 24.5 Å². The van der Waals surface area contributed by atoms with E-state index in [4.69, 9.17) is 4.43 Å². The fraction of sp³-hybridized carbons (Fsp3) is 0.458. The molecule has 2 aromatic rings. The molecule has 142 valence electrons. The molecule has 2 aromatic carbocycles. The first-order valence-electron chi connectivity index (χ1n) is 10.2. The molecular formula is C24H30O2Si. The first-order valence-corrected chi connectivity index (χ1v) is 12.1. The van der Waals surface area contributed by atoms with Gasteiger partial charge in [-0.2, -0.15) is 0 Å². The van der Waals surface area contributed by atoms with Gasteiger partial charge >= 0.3 is 0 Å². The molecule has 0 aromatic heterocycles. The Morgan fingerprint density at radius 3 is 1.89 bits per heavy atom. The van der Waals surface area contributed by atoms with Crippen molar-refractivity contribution in [1.82, 2.24) is 0 Å². The summed E-state index contributed by atoms with van der Waals surface area (Å²) in [5.41, 5.74) is 0. The van der Waals surface area contributed by atoms with Crippen molar-refractivity contribution in [3.05, 3.63) is 60.7 Å². The number of ketones is 1. The van der Waals surface area contributed by atoms with Crippen LogP contribution in [0.4, 0.5) is 0 Å². The zero-order chi connectivity index (χ0) is 19.1. The van der Waals surface area contributed by atoms with E-state index in [0.29, 0.717) is 23.5 Å².